The predicted molar refractivity (Wildman–Crippen MR) is 102 cm³/mol. The molecule has 2 aromatic heterocycles. The number of fused-ring (bicyclic) bond motifs is 1. The minimum absolute atomic E-state index is 0.113. The first-order chi connectivity index (χ1) is 12.2. The molecule has 1 aliphatic heterocycles. The van der Waals surface area contributed by atoms with Crippen molar-refractivity contribution in [1.82, 2.24) is 4.98 Å². The van der Waals surface area contributed by atoms with E-state index in [0.717, 1.165) is 33.1 Å². The van der Waals surface area contributed by atoms with Gasteiger partial charge in [-0.15, -0.1) is 11.3 Å². The molecule has 3 heterocycles. The summed E-state index contributed by atoms with van der Waals surface area (Å²) in [5.74, 6) is 6.19. The zero-order valence-electron chi connectivity index (χ0n) is 13.5. The predicted octanol–water partition coefficient (Wildman–Crippen LogP) is 4.34. The standard InChI is InChI=1S/C21H14N2OS/c1-14-7-10-19-20(22-14)18(21(24)23-19)12-17-11-16(13-25-17)9-8-15-5-3-2-4-6-15/h2-7,10-13H,1H3,(H,23,24). The summed E-state index contributed by atoms with van der Waals surface area (Å²) >= 11 is 1.57. The maximum absolute atomic E-state index is 12.2. The molecule has 1 aliphatic rings. The van der Waals surface area contributed by atoms with Gasteiger partial charge in [0.15, 0.2) is 0 Å². The lowest BCUT2D eigenvalue weighted by molar-refractivity contribution is -0.110. The second-order valence-corrected chi connectivity index (χ2v) is 6.66. The van der Waals surface area contributed by atoms with Crippen LogP contribution in [-0.2, 0) is 4.79 Å². The van der Waals surface area contributed by atoms with Crippen molar-refractivity contribution in [3.63, 3.8) is 0 Å². The molecule has 3 aromatic rings. The molecule has 0 radical (unpaired) electrons. The van der Waals surface area contributed by atoms with Crippen LogP contribution in [0.25, 0.3) is 11.6 Å². The number of carbonyl (C=O) groups excluding carboxylic acids is 1. The molecular formula is C21H14N2OS. The molecule has 0 saturated carbocycles. The van der Waals surface area contributed by atoms with Crippen molar-refractivity contribution in [3.8, 4) is 11.8 Å². The van der Waals surface area contributed by atoms with E-state index < -0.39 is 0 Å². The van der Waals surface area contributed by atoms with Crippen molar-refractivity contribution in [2.24, 2.45) is 0 Å². The molecule has 0 atom stereocenters. The van der Waals surface area contributed by atoms with Gasteiger partial charge >= 0.3 is 0 Å². The summed E-state index contributed by atoms with van der Waals surface area (Å²) in [6.07, 6.45) is 1.88. The highest BCUT2D eigenvalue weighted by Crippen LogP contribution is 2.32. The number of anilines is 1. The molecule has 0 fully saturated rings. The van der Waals surface area contributed by atoms with E-state index in [2.05, 4.69) is 22.1 Å². The van der Waals surface area contributed by atoms with Crippen LogP contribution in [-0.4, -0.2) is 10.9 Å². The lowest BCUT2D eigenvalue weighted by atomic mass is 10.1. The first kappa shape index (κ1) is 15.4. The molecule has 4 heteroatoms. The van der Waals surface area contributed by atoms with Crippen molar-refractivity contribution in [3.05, 3.63) is 81.3 Å². The number of nitrogens with zero attached hydrogens (tertiary/aromatic N) is 1. The van der Waals surface area contributed by atoms with Crippen LogP contribution in [0.5, 0.6) is 0 Å². The van der Waals surface area contributed by atoms with Gasteiger partial charge in [0.2, 0.25) is 0 Å². The number of thiophene rings is 1. The molecule has 120 valence electrons. The van der Waals surface area contributed by atoms with Crippen molar-refractivity contribution in [2.45, 2.75) is 6.92 Å². The maximum Gasteiger partial charge on any atom is 0.258 e. The Hall–Kier alpha value is -3.16. The zero-order valence-corrected chi connectivity index (χ0v) is 14.4. The third-order valence-electron chi connectivity index (χ3n) is 3.81. The van der Waals surface area contributed by atoms with E-state index >= 15 is 0 Å². The van der Waals surface area contributed by atoms with E-state index in [-0.39, 0.29) is 5.91 Å². The molecule has 3 nitrogen and oxygen atoms in total. The van der Waals surface area contributed by atoms with Crippen molar-refractivity contribution in [1.29, 1.82) is 0 Å². The molecule has 0 aliphatic carbocycles. The highest BCUT2D eigenvalue weighted by molar-refractivity contribution is 7.11. The summed E-state index contributed by atoms with van der Waals surface area (Å²) < 4.78 is 0. The van der Waals surface area contributed by atoms with Gasteiger partial charge in [-0.1, -0.05) is 30.0 Å². The minimum Gasteiger partial charge on any atom is -0.320 e. The lowest BCUT2D eigenvalue weighted by Crippen LogP contribution is -2.03. The number of benzene rings is 1. The first-order valence-corrected chi connectivity index (χ1v) is 8.74. The summed E-state index contributed by atoms with van der Waals surface area (Å²) in [7, 11) is 0. The fraction of sp³-hybridized carbons (Fsp3) is 0.0476. The van der Waals surface area contributed by atoms with Gasteiger partial charge < -0.3 is 5.32 Å². The van der Waals surface area contributed by atoms with Gasteiger partial charge in [0, 0.05) is 27.1 Å². The molecule has 0 bridgehead atoms. The summed E-state index contributed by atoms with van der Waals surface area (Å²) in [5.41, 5.74) is 4.90. The molecule has 1 N–H and O–H groups in total. The van der Waals surface area contributed by atoms with Crippen LogP contribution < -0.4 is 5.32 Å². The van der Waals surface area contributed by atoms with Gasteiger partial charge in [-0.2, -0.15) is 0 Å². The van der Waals surface area contributed by atoms with Crippen LogP contribution in [0.1, 0.15) is 27.4 Å². The molecule has 0 saturated heterocycles. The molecular weight excluding hydrogens is 328 g/mol. The highest BCUT2D eigenvalue weighted by atomic mass is 32.1. The van der Waals surface area contributed by atoms with E-state index in [1.165, 1.54) is 0 Å². The number of hydrogen-bond acceptors (Lipinski definition) is 3. The summed E-state index contributed by atoms with van der Waals surface area (Å²) in [4.78, 5) is 17.7. The third kappa shape index (κ3) is 3.23. The smallest absolute Gasteiger partial charge is 0.258 e. The second-order valence-electron chi connectivity index (χ2n) is 5.71. The summed E-state index contributed by atoms with van der Waals surface area (Å²) in [6, 6.07) is 15.7. The third-order valence-corrected chi connectivity index (χ3v) is 4.69. The van der Waals surface area contributed by atoms with E-state index in [1.54, 1.807) is 11.3 Å². The largest absolute Gasteiger partial charge is 0.320 e. The Morgan fingerprint density at radius 3 is 2.72 bits per heavy atom. The summed E-state index contributed by atoms with van der Waals surface area (Å²) in [6.45, 7) is 1.92. The van der Waals surface area contributed by atoms with Gasteiger partial charge in [-0.05, 0) is 43.3 Å². The van der Waals surface area contributed by atoms with Crippen LogP contribution >= 0.6 is 11.3 Å². The lowest BCUT2D eigenvalue weighted by Gasteiger charge is -1.98. The number of aryl methyl sites for hydroxylation is 1. The van der Waals surface area contributed by atoms with Crippen molar-refractivity contribution >= 4 is 34.6 Å². The maximum atomic E-state index is 12.2. The quantitative estimate of drug-likeness (QED) is 0.528. The number of rotatable bonds is 1. The molecule has 0 spiro atoms. The number of aromatic nitrogens is 1. The van der Waals surface area contributed by atoms with Crippen LogP contribution in [0, 0.1) is 18.8 Å². The number of amides is 1. The average Bonchev–Trinajstić information content (AvgIpc) is 3.19. The topological polar surface area (TPSA) is 42.0 Å². The number of hydrogen-bond donors (Lipinski definition) is 1. The first-order valence-electron chi connectivity index (χ1n) is 7.86. The number of pyridine rings is 1. The van der Waals surface area contributed by atoms with Crippen LogP contribution in [0.15, 0.2) is 53.9 Å². The molecule has 1 aromatic carbocycles. The monoisotopic (exact) mass is 342 g/mol. The Morgan fingerprint density at radius 1 is 1.08 bits per heavy atom. The minimum atomic E-state index is -0.113. The molecule has 0 unspecified atom stereocenters. The Bertz CT molecular complexity index is 1050. The fourth-order valence-electron chi connectivity index (χ4n) is 2.60. The Morgan fingerprint density at radius 2 is 1.88 bits per heavy atom. The Labute approximate surface area is 150 Å². The van der Waals surface area contributed by atoms with E-state index in [9.17, 15) is 4.79 Å². The van der Waals surface area contributed by atoms with Crippen LogP contribution in [0.4, 0.5) is 5.69 Å². The van der Waals surface area contributed by atoms with E-state index in [1.807, 2.05) is 66.9 Å². The van der Waals surface area contributed by atoms with Gasteiger partial charge in [-0.3, -0.25) is 9.78 Å². The number of nitrogens with one attached hydrogen (secondary N) is 1. The van der Waals surface area contributed by atoms with Crippen LogP contribution in [0.2, 0.25) is 0 Å². The molecule has 25 heavy (non-hydrogen) atoms. The SMILES string of the molecule is Cc1ccc2c(n1)C(=Cc1cc(C#Cc3ccccc3)cs1)C(=O)N2. The highest BCUT2D eigenvalue weighted by Gasteiger charge is 2.25. The zero-order chi connectivity index (χ0) is 17.2. The van der Waals surface area contributed by atoms with Crippen LogP contribution in [0.3, 0.4) is 0 Å². The molecule has 1 amide bonds. The van der Waals surface area contributed by atoms with Crippen molar-refractivity contribution < 1.29 is 4.79 Å². The van der Waals surface area contributed by atoms with Gasteiger partial charge in [-0.25, -0.2) is 0 Å². The van der Waals surface area contributed by atoms with E-state index in [4.69, 9.17) is 0 Å². The van der Waals surface area contributed by atoms with Gasteiger partial charge in [0.05, 0.1) is 17.0 Å². The van der Waals surface area contributed by atoms with Gasteiger partial charge in [0.1, 0.15) is 0 Å². The fourth-order valence-corrected chi connectivity index (χ4v) is 3.37. The Balaban J connectivity index is 1.64. The summed E-state index contributed by atoms with van der Waals surface area (Å²) in [5, 5.41) is 4.86. The Kier molecular flexibility index (Phi) is 3.93. The normalized spacial score (nSPS) is 14.0. The second kappa shape index (κ2) is 6.39. The average molecular weight is 342 g/mol. The van der Waals surface area contributed by atoms with Crippen molar-refractivity contribution in [2.75, 3.05) is 5.32 Å². The van der Waals surface area contributed by atoms with E-state index in [0.29, 0.717) is 5.57 Å². The number of carbonyl (C=O) groups is 1. The molecule has 4 rings (SSSR count). The van der Waals surface area contributed by atoms with Gasteiger partial charge in [0.25, 0.3) is 5.91 Å².